The lowest BCUT2D eigenvalue weighted by atomic mass is 10.0. The van der Waals surface area contributed by atoms with Crippen molar-refractivity contribution in [3.05, 3.63) is 29.3 Å². The van der Waals surface area contributed by atoms with Crippen molar-refractivity contribution in [1.29, 1.82) is 0 Å². The van der Waals surface area contributed by atoms with Crippen LogP contribution in [-0.2, 0) is 10.5 Å². The molecule has 1 atom stereocenters. The van der Waals surface area contributed by atoms with Crippen LogP contribution in [0, 0.1) is 0 Å². The zero-order valence-corrected chi connectivity index (χ0v) is 13.9. The van der Waals surface area contributed by atoms with Crippen LogP contribution in [0.5, 0.6) is 5.75 Å². The molecule has 0 saturated heterocycles. The Morgan fingerprint density at radius 3 is 2.75 bits per heavy atom. The fourth-order valence-corrected chi connectivity index (χ4v) is 2.86. The molecule has 0 heterocycles. The second-order valence-electron chi connectivity index (χ2n) is 4.79. The van der Waals surface area contributed by atoms with E-state index in [9.17, 15) is 0 Å². The number of hydrogen-bond donors (Lipinski definition) is 1. The van der Waals surface area contributed by atoms with E-state index in [1.54, 1.807) is 14.2 Å². The first-order chi connectivity index (χ1) is 9.72. The van der Waals surface area contributed by atoms with Gasteiger partial charge in [-0.25, -0.2) is 0 Å². The van der Waals surface area contributed by atoms with Crippen LogP contribution in [0.15, 0.2) is 18.2 Å². The van der Waals surface area contributed by atoms with Gasteiger partial charge in [0.05, 0.1) is 13.7 Å². The molecule has 0 radical (unpaired) electrons. The summed E-state index contributed by atoms with van der Waals surface area (Å²) in [6, 6.07) is 6.86. The Labute approximate surface area is 127 Å². The highest BCUT2D eigenvalue weighted by atomic mass is 32.2. The Hall–Kier alpha value is -0.710. The van der Waals surface area contributed by atoms with Crippen molar-refractivity contribution in [3.8, 4) is 5.75 Å². The lowest BCUT2D eigenvalue weighted by Crippen LogP contribution is -2.19. The van der Waals surface area contributed by atoms with Crippen molar-refractivity contribution in [1.82, 2.24) is 5.32 Å². The van der Waals surface area contributed by atoms with Crippen LogP contribution in [0.4, 0.5) is 0 Å². The van der Waals surface area contributed by atoms with Crippen LogP contribution in [0.25, 0.3) is 0 Å². The van der Waals surface area contributed by atoms with E-state index in [1.165, 1.54) is 11.1 Å². The molecule has 0 amide bonds. The molecule has 0 spiro atoms. The monoisotopic (exact) mass is 297 g/mol. The Morgan fingerprint density at radius 2 is 2.10 bits per heavy atom. The third-order valence-corrected chi connectivity index (χ3v) is 4.16. The van der Waals surface area contributed by atoms with E-state index in [0.29, 0.717) is 6.04 Å². The van der Waals surface area contributed by atoms with Gasteiger partial charge >= 0.3 is 0 Å². The van der Waals surface area contributed by atoms with Crippen molar-refractivity contribution in [3.63, 3.8) is 0 Å². The predicted octanol–water partition coefficient (Wildman–Crippen LogP) is 3.64. The van der Waals surface area contributed by atoms with Gasteiger partial charge in [0.1, 0.15) is 5.75 Å². The van der Waals surface area contributed by atoms with E-state index in [-0.39, 0.29) is 0 Å². The molecule has 0 bridgehead atoms. The number of methoxy groups -OCH3 is 2. The summed E-state index contributed by atoms with van der Waals surface area (Å²) in [6.45, 7) is 6.23. The Kier molecular flexibility index (Phi) is 8.74. The van der Waals surface area contributed by atoms with Crippen LogP contribution in [0.1, 0.15) is 37.4 Å². The van der Waals surface area contributed by atoms with Crippen LogP contribution >= 0.6 is 11.8 Å². The molecule has 0 aliphatic heterocycles. The zero-order valence-electron chi connectivity index (χ0n) is 13.1. The fraction of sp³-hybridized carbons (Fsp3) is 0.625. The molecule has 0 aromatic heterocycles. The molecule has 20 heavy (non-hydrogen) atoms. The van der Waals surface area contributed by atoms with Gasteiger partial charge in [-0.05, 0) is 37.6 Å². The van der Waals surface area contributed by atoms with Crippen LogP contribution < -0.4 is 10.1 Å². The topological polar surface area (TPSA) is 30.5 Å². The molecule has 0 aliphatic rings. The normalized spacial score (nSPS) is 12.4. The summed E-state index contributed by atoms with van der Waals surface area (Å²) in [5.74, 6) is 2.94. The van der Waals surface area contributed by atoms with Crippen LogP contribution in [-0.4, -0.2) is 33.1 Å². The second-order valence-corrected chi connectivity index (χ2v) is 5.90. The Bertz CT molecular complexity index is 385. The van der Waals surface area contributed by atoms with Crippen LogP contribution in [0.3, 0.4) is 0 Å². The van der Waals surface area contributed by atoms with E-state index in [4.69, 9.17) is 9.47 Å². The molecule has 1 rings (SSSR count). The molecule has 114 valence electrons. The number of nitrogens with one attached hydrogen (secondary N) is 1. The third kappa shape index (κ3) is 5.73. The summed E-state index contributed by atoms with van der Waals surface area (Å²) >= 11 is 1.87. The summed E-state index contributed by atoms with van der Waals surface area (Å²) in [5, 5.41) is 3.52. The Morgan fingerprint density at radius 1 is 1.30 bits per heavy atom. The lowest BCUT2D eigenvalue weighted by Gasteiger charge is -2.16. The van der Waals surface area contributed by atoms with Gasteiger partial charge < -0.3 is 14.8 Å². The van der Waals surface area contributed by atoms with Gasteiger partial charge in [0.15, 0.2) is 0 Å². The fourth-order valence-electron chi connectivity index (χ4n) is 1.98. The highest BCUT2D eigenvalue weighted by molar-refractivity contribution is 7.98. The van der Waals surface area contributed by atoms with Gasteiger partial charge in [0, 0.05) is 30.2 Å². The van der Waals surface area contributed by atoms with Crippen molar-refractivity contribution in [2.75, 3.05) is 33.1 Å². The molecule has 0 aliphatic carbocycles. The van der Waals surface area contributed by atoms with Gasteiger partial charge in [-0.15, -0.1) is 0 Å². The number of benzene rings is 1. The summed E-state index contributed by atoms with van der Waals surface area (Å²) in [7, 11) is 3.47. The first-order valence-electron chi connectivity index (χ1n) is 7.19. The largest absolute Gasteiger partial charge is 0.496 e. The first-order valence-corrected chi connectivity index (χ1v) is 8.35. The second kappa shape index (κ2) is 10.1. The van der Waals surface area contributed by atoms with Gasteiger partial charge in [0.2, 0.25) is 0 Å². The number of rotatable bonds is 10. The zero-order chi connectivity index (χ0) is 14.8. The maximum Gasteiger partial charge on any atom is 0.122 e. The predicted molar refractivity (Wildman–Crippen MR) is 87.7 cm³/mol. The van der Waals surface area contributed by atoms with Crippen molar-refractivity contribution in [2.45, 2.75) is 32.1 Å². The van der Waals surface area contributed by atoms with Crippen molar-refractivity contribution < 1.29 is 9.47 Å². The minimum atomic E-state index is 0.378. The number of ether oxygens (including phenoxy) is 2. The SMILES string of the molecule is CCCNC(C)c1ccc(OC)c(CSCCOC)c1. The summed E-state index contributed by atoms with van der Waals surface area (Å²) < 4.78 is 10.5. The molecular weight excluding hydrogens is 270 g/mol. The summed E-state index contributed by atoms with van der Waals surface area (Å²) in [4.78, 5) is 0. The molecule has 3 nitrogen and oxygen atoms in total. The maximum absolute atomic E-state index is 5.45. The molecule has 1 aromatic carbocycles. The van der Waals surface area contributed by atoms with E-state index in [0.717, 1.165) is 36.8 Å². The minimum absolute atomic E-state index is 0.378. The summed E-state index contributed by atoms with van der Waals surface area (Å²) in [5.41, 5.74) is 2.58. The van der Waals surface area contributed by atoms with Crippen molar-refractivity contribution >= 4 is 11.8 Å². The standard InChI is InChI=1S/C16H27NO2S/c1-5-8-17-13(2)14-6-7-16(19-4)15(11-14)12-20-10-9-18-3/h6-7,11,13,17H,5,8-10,12H2,1-4H3. The smallest absolute Gasteiger partial charge is 0.122 e. The molecule has 1 aromatic rings. The molecule has 4 heteroatoms. The van der Waals surface area contributed by atoms with E-state index < -0.39 is 0 Å². The van der Waals surface area contributed by atoms with Gasteiger partial charge in [-0.3, -0.25) is 0 Å². The molecule has 0 saturated carbocycles. The minimum Gasteiger partial charge on any atom is -0.496 e. The average molecular weight is 297 g/mol. The molecule has 1 unspecified atom stereocenters. The van der Waals surface area contributed by atoms with E-state index in [2.05, 4.69) is 37.4 Å². The van der Waals surface area contributed by atoms with Gasteiger partial charge in [0.25, 0.3) is 0 Å². The highest BCUT2D eigenvalue weighted by Gasteiger charge is 2.09. The quantitative estimate of drug-likeness (QED) is 0.668. The molecular formula is C16H27NO2S. The third-order valence-electron chi connectivity index (χ3n) is 3.19. The lowest BCUT2D eigenvalue weighted by molar-refractivity contribution is 0.218. The highest BCUT2D eigenvalue weighted by Crippen LogP contribution is 2.27. The number of hydrogen-bond acceptors (Lipinski definition) is 4. The van der Waals surface area contributed by atoms with Gasteiger partial charge in [-0.1, -0.05) is 13.0 Å². The van der Waals surface area contributed by atoms with Crippen LogP contribution in [0.2, 0.25) is 0 Å². The Balaban J connectivity index is 2.69. The van der Waals surface area contributed by atoms with E-state index >= 15 is 0 Å². The summed E-state index contributed by atoms with van der Waals surface area (Å²) in [6.07, 6.45) is 1.15. The van der Waals surface area contributed by atoms with Crippen molar-refractivity contribution in [2.24, 2.45) is 0 Å². The maximum atomic E-state index is 5.45. The average Bonchev–Trinajstić information content (AvgIpc) is 2.49. The molecule has 1 N–H and O–H groups in total. The first kappa shape index (κ1) is 17.3. The van der Waals surface area contributed by atoms with E-state index in [1.807, 2.05) is 11.8 Å². The van der Waals surface area contributed by atoms with Gasteiger partial charge in [-0.2, -0.15) is 11.8 Å². The number of thioether (sulfide) groups is 1. The molecule has 0 fully saturated rings.